The molecule has 2 nitrogen and oxygen atoms in total. The zero-order chi connectivity index (χ0) is 10.8. The summed E-state index contributed by atoms with van der Waals surface area (Å²) in [7, 11) is 0. The van der Waals surface area contributed by atoms with Crippen molar-refractivity contribution in [1.29, 1.82) is 0 Å². The molecule has 0 aliphatic heterocycles. The highest BCUT2D eigenvalue weighted by atomic mass is 14.9. The second-order valence-electron chi connectivity index (χ2n) is 3.89. The predicted octanol–water partition coefficient (Wildman–Crippen LogP) is 3.08. The Morgan fingerprint density at radius 1 is 0.938 bits per heavy atom. The Bertz CT molecular complexity index is 563. The van der Waals surface area contributed by atoms with Gasteiger partial charge in [0.2, 0.25) is 0 Å². The number of fused-ring (bicyclic) bond motifs is 1. The fraction of sp³-hybridized carbons (Fsp3) is 0.0714. The van der Waals surface area contributed by atoms with Crippen molar-refractivity contribution in [1.82, 2.24) is 9.55 Å². The summed E-state index contributed by atoms with van der Waals surface area (Å²) in [6, 6.07) is 14.5. The molecular formula is C14H12N2. The van der Waals surface area contributed by atoms with E-state index in [9.17, 15) is 0 Å². The third-order valence-corrected chi connectivity index (χ3v) is 2.67. The van der Waals surface area contributed by atoms with Gasteiger partial charge in [-0.15, -0.1) is 0 Å². The van der Waals surface area contributed by atoms with E-state index in [4.69, 9.17) is 0 Å². The number of hydrogen-bond donors (Lipinski definition) is 0. The van der Waals surface area contributed by atoms with E-state index in [2.05, 4.69) is 52.3 Å². The van der Waals surface area contributed by atoms with Crippen molar-refractivity contribution in [3.63, 3.8) is 0 Å². The first-order chi connectivity index (χ1) is 7.92. The highest BCUT2D eigenvalue weighted by Gasteiger charge is 1.99. The van der Waals surface area contributed by atoms with Crippen LogP contribution < -0.4 is 0 Å². The van der Waals surface area contributed by atoms with Crippen LogP contribution in [0.5, 0.6) is 0 Å². The first kappa shape index (κ1) is 9.16. The van der Waals surface area contributed by atoms with Crippen LogP contribution in [-0.4, -0.2) is 9.55 Å². The Balaban J connectivity index is 1.95. The van der Waals surface area contributed by atoms with E-state index in [1.165, 1.54) is 10.9 Å². The number of pyridine rings is 1. The van der Waals surface area contributed by atoms with Crippen molar-refractivity contribution < 1.29 is 0 Å². The highest BCUT2D eigenvalue weighted by molar-refractivity contribution is 5.77. The smallest absolute Gasteiger partial charge is 0.0878 e. The molecule has 2 heterocycles. The van der Waals surface area contributed by atoms with Crippen molar-refractivity contribution in [3.8, 4) is 0 Å². The van der Waals surface area contributed by atoms with Gasteiger partial charge >= 0.3 is 0 Å². The standard InChI is InChI=1S/C14H12N2/c1-2-5-12(6-3-1)9-16-10-13-7-4-8-15-14(13)11-16/h1-8,10-11H,9H2. The molecule has 16 heavy (non-hydrogen) atoms. The number of aromatic nitrogens is 2. The SMILES string of the molecule is c1ccc(Cn2cc3cccnc3c2)cc1. The average Bonchev–Trinajstić information content (AvgIpc) is 2.72. The zero-order valence-electron chi connectivity index (χ0n) is 8.88. The summed E-state index contributed by atoms with van der Waals surface area (Å²) in [4.78, 5) is 4.32. The minimum absolute atomic E-state index is 0.900. The van der Waals surface area contributed by atoms with Crippen LogP contribution in [0.25, 0.3) is 10.9 Å². The van der Waals surface area contributed by atoms with Gasteiger partial charge in [0, 0.05) is 30.5 Å². The molecule has 3 rings (SSSR count). The van der Waals surface area contributed by atoms with Crippen LogP contribution in [0.15, 0.2) is 61.1 Å². The van der Waals surface area contributed by atoms with Gasteiger partial charge in [0.15, 0.2) is 0 Å². The quantitative estimate of drug-likeness (QED) is 0.632. The molecule has 2 heteroatoms. The average molecular weight is 208 g/mol. The van der Waals surface area contributed by atoms with E-state index in [1.54, 1.807) is 0 Å². The Hall–Kier alpha value is -2.09. The molecule has 0 spiro atoms. The summed E-state index contributed by atoms with van der Waals surface area (Å²) in [5, 5.41) is 1.19. The summed E-state index contributed by atoms with van der Waals surface area (Å²) in [6.45, 7) is 0.900. The van der Waals surface area contributed by atoms with Gasteiger partial charge in [-0.1, -0.05) is 30.3 Å². The van der Waals surface area contributed by atoms with E-state index < -0.39 is 0 Å². The van der Waals surface area contributed by atoms with E-state index in [0.29, 0.717) is 0 Å². The van der Waals surface area contributed by atoms with Crippen molar-refractivity contribution >= 4 is 10.9 Å². The lowest BCUT2D eigenvalue weighted by Crippen LogP contribution is -1.94. The minimum Gasteiger partial charge on any atom is -0.347 e. The molecular weight excluding hydrogens is 196 g/mol. The molecule has 0 fully saturated rings. The van der Waals surface area contributed by atoms with Crippen molar-refractivity contribution in [3.05, 3.63) is 66.6 Å². The van der Waals surface area contributed by atoms with Gasteiger partial charge in [-0.25, -0.2) is 0 Å². The third kappa shape index (κ3) is 1.70. The lowest BCUT2D eigenvalue weighted by atomic mass is 10.2. The largest absolute Gasteiger partial charge is 0.347 e. The Kier molecular flexibility index (Phi) is 2.18. The van der Waals surface area contributed by atoms with E-state index >= 15 is 0 Å². The van der Waals surface area contributed by atoms with Crippen molar-refractivity contribution in [2.75, 3.05) is 0 Å². The lowest BCUT2D eigenvalue weighted by Gasteiger charge is -2.01. The number of nitrogens with zero attached hydrogens (tertiary/aromatic N) is 2. The van der Waals surface area contributed by atoms with E-state index in [-0.39, 0.29) is 0 Å². The van der Waals surface area contributed by atoms with Crippen LogP contribution in [0.2, 0.25) is 0 Å². The van der Waals surface area contributed by atoms with Crippen LogP contribution in [0, 0.1) is 0 Å². The molecule has 0 bridgehead atoms. The maximum atomic E-state index is 4.32. The summed E-state index contributed by atoms with van der Waals surface area (Å²) in [5.41, 5.74) is 2.36. The highest BCUT2D eigenvalue weighted by Crippen LogP contribution is 2.13. The number of rotatable bonds is 2. The summed E-state index contributed by atoms with van der Waals surface area (Å²) in [6.07, 6.45) is 6.05. The van der Waals surface area contributed by atoms with Crippen LogP contribution >= 0.6 is 0 Å². The minimum atomic E-state index is 0.900. The Labute approximate surface area is 94.2 Å². The fourth-order valence-corrected chi connectivity index (χ4v) is 1.91. The molecule has 0 N–H and O–H groups in total. The third-order valence-electron chi connectivity index (χ3n) is 2.67. The van der Waals surface area contributed by atoms with E-state index in [0.717, 1.165) is 12.1 Å². The Morgan fingerprint density at radius 2 is 1.81 bits per heavy atom. The summed E-state index contributed by atoms with van der Waals surface area (Å²) >= 11 is 0. The molecule has 0 unspecified atom stereocenters. The second-order valence-corrected chi connectivity index (χ2v) is 3.89. The van der Waals surface area contributed by atoms with Crippen LogP contribution in [-0.2, 0) is 6.54 Å². The number of benzene rings is 1. The molecule has 0 aliphatic carbocycles. The molecule has 0 aliphatic rings. The molecule has 0 amide bonds. The first-order valence-electron chi connectivity index (χ1n) is 5.36. The summed E-state index contributed by atoms with van der Waals surface area (Å²) < 4.78 is 2.17. The van der Waals surface area contributed by atoms with E-state index in [1.807, 2.05) is 18.3 Å². The zero-order valence-corrected chi connectivity index (χ0v) is 8.88. The molecule has 1 aromatic carbocycles. The second kappa shape index (κ2) is 3.81. The Morgan fingerprint density at radius 3 is 2.62 bits per heavy atom. The van der Waals surface area contributed by atoms with Crippen molar-refractivity contribution in [2.45, 2.75) is 6.54 Å². The first-order valence-corrected chi connectivity index (χ1v) is 5.36. The van der Waals surface area contributed by atoms with Crippen LogP contribution in [0.3, 0.4) is 0 Å². The normalized spacial score (nSPS) is 10.8. The van der Waals surface area contributed by atoms with Gasteiger partial charge in [-0.2, -0.15) is 0 Å². The molecule has 0 saturated carbocycles. The van der Waals surface area contributed by atoms with Gasteiger partial charge in [-0.05, 0) is 17.7 Å². The van der Waals surface area contributed by atoms with Crippen LogP contribution in [0.1, 0.15) is 5.56 Å². The van der Waals surface area contributed by atoms with Gasteiger partial charge in [0.05, 0.1) is 5.52 Å². The predicted molar refractivity (Wildman–Crippen MR) is 65.3 cm³/mol. The fourth-order valence-electron chi connectivity index (χ4n) is 1.91. The molecule has 0 atom stereocenters. The van der Waals surface area contributed by atoms with Gasteiger partial charge < -0.3 is 4.57 Å². The molecule has 78 valence electrons. The maximum Gasteiger partial charge on any atom is 0.0878 e. The van der Waals surface area contributed by atoms with Gasteiger partial charge in [0.1, 0.15) is 0 Å². The lowest BCUT2D eigenvalue weighted by molar-refractivity contribution is 0.809. The van der Waals surface area contributed by atoms with Gasteiger partial charge in [-0.3, -0.25) is 4.98 Å². The topological polar surface area (TPSA) is 17.8 Å². The molecule has 3 aromatic rings. The molecule has 0 radical (unpaired) electrons. The van der Waals surface area contributed by atoms with Crippen LogP contribution in [0.4, 0.5) is 0 Å². The molecule has 2 aromatic heterocycles. The number of hydrogen-bond acceptors (Lipinski definition) is 1. The maximum absolute atomic E-state index is 4.32. The summed E-state index contributed by atoms with van der Waals surface area (Å²) in [5.74, 6) is 0. The monoisotopic (exact) mass is 208 g/mol. The van der Waals surface area contributed by atoms with Gasteiger partial charge in [0.25, 0.3) is 0 Å². The van der Waals surface area contributed by atoms with Crippen molar-refractivity contribution in [2.24, 2.45) is 0 Å². The molecule has 0 saturated heterocycles.